The van der Waals surface area contributed by atoms with Crippen molar-refractivity contribution in [1.82, 2.24) is 0 Å². The lowest BCUT2D eigenvalue weighted by Gasteiger charge is -2.31. The molecule has 4 aliphatic carbocycles. The summed E-state index contributed by atoms with van der Waals surface area (Å²) in [5.74, 6) is 0.273. The predicted molar refractivity (Wildman–Crippen MR) is 322 cm³/mol. The molecule has 0 spiro atoms. The first-order valence-electron chi connectivity index (χ1n) is 27.4. The third-order valence-corrected chi connectivity index (χ3v) is 17.2. The molecule has 0 aromatic heterocycles. The number of fused-ring (bicyclic) bond motifs is 8. The molecule has 8 aromatic rings. The van der Waals surface area contributed by atoms with Gasteiger partial charge in [-0.25, -0.2) is 0 Å². The number of hydrogen-bond acceptors (Lipinski definition) is 0. The van der Waals surface area contributed by atoms with Gasteiger partial charge in [0, 0.05) is 11.8 Å². The molecule has 0 nitrogen and oxygen atoms in total. The average molecular weight is 963 g/mol. The summed E-state index contributed by atoms with van der Waals surface area (Å²) < 4.78 is 0. The van der Waals surface area contributed by atoms with Crippen molar-refractivity contribution in [1.29, 1.82) is 0 Å². The lowest BCUT2D eigenvalue weighted by Crippen LogP contribution is -2.18. The summed E-state index contributed by atoms with van der Waals surface area (Å²) >= 11 is 0. The number of hydrogen-bond donors (Lipinski definition) is 0. The Balaban J connectivity index is 1.23. The van der Waals surface area contributed by atoms with Crippen LogP contribution >= 0.6 is 0 Å². The highest BCUT2D eigenvalue weighted by Crippen LogP contribution is 2.68. The van der Waals surface area contributed by atoms with Crippen LogP contribution in [-0.4, -0.2) is 0 Å². The van der Waals surface area contributed by atoms with Crippen LogP contribution in [0.4, 0.5) is 0 Å². The van der Waals surface area contributed by atoms with Crippen molar-refractivity contribution in [3.05, 3.63) is 214 Å². The maximum absolute atomic E-state index is 2.57. The molecule has 1 unspecified atom stereocenters. The summed E-state index contributed by atoms with van der Waals surface area (Å²) in [7, 11) is 0. The molecule has 0 fully saturated rings. The van der Waals surface area contributed by atoms with Crippen molar-refractivity contribution in [3.63, 3.8) is 0 Å². The van der Waals surface area contributed by atoms with Gasteiger partial charge in [-0.1, -0.05) is 262 Å². The summed E-state index contributed by atoms with van der Waals surface area (Å²) in [6, 6.07) is 54.6. The topological polar surface area (TPSA) is 0 Å². The molecule has 0 bridgehead atoms. The second kappa shape index (κ2) is 16.4. The van der Waals surface area contributed by atoms with Gasteiger partial charge in [-0.2, -0.15) is 0 Å². The average Bonchev–Trinajstić information content (AvgIpc) is 3.85. The van der Waals surface area contributed by atoms with Crippen LogP contribution < -0.4 is 0 Å². The molecule has 0 heteroatoms. The summed E-state index contributed by atoms with van der Waals surface area (Å²) in [4.78, 5) is 0. The molecule has 0 radical (unpaired) electrons. The van der Waals surface area contributed by atoms with Crippen LogP contribution in [0.25, 0.3) is 88.3 Å². The third-order valence-electron chi connectivity index (χ3n) is 17.2. The van der Waals surface area contributed by atoms with Gasteiger partial charge in [0.05, 0.1) is 0 Å². The molecule has 0 saturated heterocycles. The summed E-state index contributed by atoms with van der Waals surface area (Å²) in [6.07, 6.45) is 10.3. The van der Waals surface area contributed by atoms with E-state index in [0.29, 0.717) is 0 Å². The van der Waals surface area contributed by atoms with Crippen molar-refractivity contribution in [2.45, 2.75) is 131 Å². The Kier molecular flexibility index (Phi) is 10.7. The van der Waals surface area contributed by atoms with Crippen LogP contribution in [0, 0.1) is 11.8 Å². The monoisotopic (exact) mass is 963 g/mol. The Bertz CT molecular complexity index is 3780. The van der Waals surface area contributed by atoms with Crippen molar-refractivity contribution < 1.29 is 0 Å². The lowest BCUT2D eigenvalue weighted by molar-refractivity contribution is 0.569. The zero-order valence-electron chi connectivity index (χ0n) is 46.7. The number of benzene rings is 8. The van der Waals surface area contributed by atoms with Gasteiger partial charge in [0.25, 0.3) is 0 Å². The van der Waals surface area contributed by atoms with Crippen LogP contribution in [0.1, 0.15) is 154 Å². The Morgan fingerprint density at radius 3 is 0.959 bits per heavy atom. The predicted octanol–water partition coefficient (Wildman–Crippen LogP) is 20.7. The minimum atomic E-state index is -0.0349. The van der Waals surface area contributed by atoms with Gasteiger partial charge >= 0.3 is 0 Å². The van der Waals surface area contributed by atoms with Gasteiger partial charge in [0.1, 0.15) is 0 Å². The maximum Gasteiger partial charge on any atom is 0.0212 e. The van der Waals surface area contributed by atoms with Gasteiger partial charge in [-0.3, -0.25) is 0 Å². The van der Waals surface area contributed by atoms with Crippen molar-refractivity contribution in [3.8, 4) is 44.5 Å². The highest BCUT2D eigenvalue weighted by atomic mass is 14.5. The van der Waals surface area contributed by atoms with E-state index in [4.69, 9.17) is 0 Å². The minimum Gasteiger partial charge on any atom is -0.0622 e. The molecule has 0 amide bonds. The fraction of sp³-hybridized carbons (Fsp3) is 0.297. The molecule has 8 aromatic carbocycles. The quantitative estimate of drug-likeness (QED) is 0.165. The minimum absolute atomic E-state index is 0.00350. The number of allylic oxidation sites excluding steroid dienone is 8. The van der Waals surface area contributed by atoms with E-state index in [1.807, 2.05) is 0 Å². The van der Waals surface area contributed by atoms with E-state index in [-0.39, 0.29) is 38.9 Å². The Morgan fingerprint density at radius 2 is 0.554 bits per heavy atom. The molecule has 0 saturated carbocycles. The molecular formula is C74H74. The first-order valence-corrected chi connectivity index (χ1v) is 27.4. The van der Waals surface area contributed by atoms with Crippen LogP contribution in [-0.2, 0) is 27.1 Å². The summed E-state index contributed by atoms with van der Waals surface area (Å²) in [5, 5.41) is 5.29. The van der Waals surface area contributed by atoms with Crippen molar-refractivity contribution in [2.75, 3.05) is 0 Å². The van der Waals surface area contributed by atoms with Crippen LogP contribution in [0.15, 0.2) is 164 Å². The molecule has 74 heavy (non-hydrogen) atoms. The fourth-order valence-electron chi connectivity index (χ4n) is 13.1. The van der Waals surface area contributed by atoms with Gasteiger partial charge in [0.15, 0.2) is 0 Å². The normalized spacial score (nSPS) is 17.2. The van der Waals surface area contributed by atoms with Gasteiger partial charge in [-0.05, 0) is 172 Å². The maximum atomic E-state index is 2.57. The zero-order chi connectivity index (χ0) is 52.2. The van der Waals surface area contributed by atoms with Crippen molar-refractivity contribution >= 4 is 43.8 Å². The SMILES string of the molecule is CC(C)(C)c1cccc(-c2c3c(c(-c4cc(C(C)(C)C)cc(C(C)(C)C)c4)c4ccccc24)C2=CC=C4c5c(c(-c6cccc(C(C)(C)C)c6)c6ccc(C(C)(C)C)cc6c5-c5ccccc5)C5=CC=C3C2[C@H]54)c1. The Hall–Kier alpha value is -6.76. The number of rotatable bonds is 4. The van der Waals surface area contributed by atoms with E-state index < -0.39 is 0 Å². The van der Waals surface area contributed by atoms with E-state index in [1.165, 1.54) is 138 Å². The van der Waals surface area contributed by atoms with Gasteiger partial charge < -0.3 is 0 Å². The third kappa shape index (κ3) is 7.52. The van der Waals surface area contributed by atoms with E-state index in [2.05, 4.69) is 268 Å². The van der Waals surface area contributed by atoms with E-state index in [9.17, 15) is 0 Å². The standard InChI is InChI=1S/C74H74/c1-70(2,3)47-27-21-25-44(37-47)61-52-29-19-20-30-53(52)63(46-39-50(73(10,11)12)41-51(40-46)74(13,14)15)69-58-36-33-55-64-57(35-34-56(65(58)64)67(61)69)68-62(45-26-22-28-48(38-45)71(4,5)6)54-32-31-49(72(7,8)9)42-59(54)60(66(55)68)43-23-17-16-18-24-43/h16-42,64-65H,1-15H3/t64-,65?/m0/s1. The van der Waals surface area contributed by atoms with Crippen LogP contribution in [0.5, 0.6) is 0 Å². The zero-order valence-corrected chi connectivity index (χ0v) is 46.7. The fourth-order valence-corrected chi connectivity index (χ4v) is 13.1. The molecule has 0 heterocycles. The molecule has 12 rings (SSSR count). The summed E-state index contributed by atoms with van der Waals surface area (Å²) in [6.45, 7) is 35.4. The van der Waals surface area contributed by atoms with E-state index in [0.717, 1.165) is 0 Å². The smallest absolute Gasteiger partial charge is 0.0212 e. The highest BCUT2D eigenvalue weighted by Gasteiger charge is 2.51. The second-order valence-electron chi connectivity index (χ2n) is 27.3. The van der Waals surface area contributed by atoms with Gasteiger partial charge in [0.2, 0.25) is 0 Å². The summed E-state index contributed by atoms with van der Waals surface area (Å²) in [5.41, 5.74) is 28.7. The first kappa shape index (κ1) is 48.2. The van der Waals surface area contributed by atoms with Crippen LogP contribution in [0.3, 0.4) is 0 Å². The molecule has 0 aliphatic heterocycles. The van der Waals surface area contributed by atoms with E-state index in [1.54, 1.807) is 0 Å². The molecule has 4 aliphatic rings. The molecule has 0 N–H and O–H groups in total. The molecular weight excluding hydrogens is 889 g/mol. The second-order valence-corrected chi connectivity index (χ2v) is 27.3. The first-order chi connectivity index (χ1) is 34.9. The molecule has 2 atom stereocenters. The van der Waals surface area contributed by atoms with Crippen LogP contribution in [0.2, 0.25) is 0 Å². The lowest BCUT2D eigenvalue weighted by atomic mass is 9.71. The molecule has 370 valence electrons. The Morgan fingerprint density at radius 1 is 0.230 bits per heavy atom. The Labute approximate surface area is 442 Å². The highest BCUT2D eigenvalue weighted by molar-refractivity contribution is 6.24. The largest absolute Gasteiger partial charge is 0.0622 e. The van der Waals surface area contributed by atoms with Crippen molar-refractivity contribution in [2.24, 2.45) is 11.8 Å². The van der Waals surface area contributed by atoms with Gasteiger partial charge in [-0.15, -0.1) is 0 Å². The van der Waals surface area contributed by atoms with E-state index >= 15 is 0 Å².